The van der Waals surface area contributed by atoms with Crippen molar-refractivity contribution in [3.05, 3.63) is 94.8 Å². The number of amides is 1. The first-order chi connectivity index (χ1) is 18.4. The van der Waals surface area contributed by atoms with Crippen LogP contribution in [-0.2, 0) is 6.42 Å². The van der Waals surface area contributed by atoms with E-state index in [1.165, 1.54) is 0 Å². The summed E-state index contributed by atoms with van der Waals surface area (Å²) in [6.07, 6.45) is 4.03. The van der Waals surface area contributed by atoms with Crippen LogP contribution in [0.5, 0.6) is 5.75 Å². The minimum absolute atomic E-state index is 0.140. The Bertz CT molecular complexity index is 1520. The number of fused-ring (bicyclic) bond motifs is 2. The average Bonchev–Trinajstić information content (AvgIpc) is 3.01. The zero-order valence-electron chi connectivity index (χ0n) is 20.9. The second-order valence-corrected chi connectivity index (χ2v) is 9.20. The van der Waals surface area contributed by atoms with Gasteiger partial charge in [-0.05, 0) is 66.6 Å². The van der Waals surface area contributed by atoms with Crippen LogP contribution in [0.15, 0.2) is 73.1 Å². The van der Waals surface area contributed by atoms with Gasteiger partial charge < -0.3 is 19.6 Å². The summed E-state index contributed by atoms with van der Waals surface area (Å²) in [5, 5.41) is 9.59. The molecule has 1 amide bonds. The highest BCUT2D eigenvalue weighted by Crippen LogP contribution is 2.37. The molecule has 2 aromatic carbocycles. The highest BCUT2D eigenvalue weighted by molar-refractivity contribution is 6.33. The molecule has 0 bridgehead atoms. The molecule has 0 saturated heterocycles. The van der Waals surface area contributed by atoms with E-state index in [0.717, 1.165) is 22.4 Å². The number of rotatable bonds is 7. The largest absolute Gasteiger partial charge is 0.493 e. The molecule has 0 aliphatic carbocycles. The number of ether oxygens (including phenoxy) is 1. The molecule has 0 saturated carbocycles. The normalized spacial score (nSPS) is 12.6. The number of aromatic carboxylic acids is 1. The number of aromatic nitrogens is 2. The molecular weight excluding hydrogens is 504 g/mol. The molecule has 0 fully saturated rings. The van der Waals surface area contributed by atoms with E-state index in [1.807, 2.05) is 42.2 Å². The summed E-state index contributed by atoms with van der Waals surface area (Å²) >= 11 is 6.49. The fourth-order valence-corrected chi connectivity index (χ4v) is 4.74. The fraction of sp³-hybridized carbons (Fsp3) is 0.172. The van der Waals surface area contributed by atoms with E-state index < -0.39 is 5.97 Å². The summed E-state index contributed by atoms with van der Waals surface area (Å²) in [5.41, 5.74) is 3.95. The lowest BCUT2D eigenvalue weighted by atomic mass is 10.0. The minimum atomic E-state index is -0.975. The van der Waals surface area contributed by atoms with Gasteiger partial charge in [0.05, 0.1) is 28.4 Å². The molecule has 1 N–H and O–H groups in total. The van der Waals surface area contributed by atoms with Crippen molar-refractivity contribution in [2.45, 2.75) is 13.3 Å². The Hall–Kier alpha value is -4.43. The van der Waals surface area contributed by atoms with Crippen molar-refractivity contribution in [3.8, 4) is 16.9 Å². The lowest BCUT2D eigenvalue weighted by Gasteiger charge is -2.22. The first kappa shape index (κ1) is 25.2. The lowest BCUT2D eigenvalue weighted by molar-refractivity contribution is 0.0696. The molecule has 3 heterocycles. The van der Waals surface area contributed by atoms with Crippen LogP contribution in [0.25, 0.3) is 11.1 Å². The maximum atomic E-state index is 13.3. The Morgan fingerprint density at radius 1 is 1.03 bits per heavy atom. The zero-order chi connectivity index (χ0) is 26.8. The Balaban J connectivity index is 1.30. The van der Waals surface area contributed by atoms with Gasteiger partial charge in [0.25, 0.3) is 5.91 Å². The minimum Gasteiger partial charge on any atom is -0.493 e. The van der Waals surface area contributed by atoms with Crippen LogP contribution in [0.2, 0.25) is 5.02 Å². The first-order valence-electron chi connectivity index (χ1n) is 12.1. The molecule has 5 rings (SSSR count). The second kappa shape index (κ2) is 10.5. The molecule has 8 nitrogen and oxygen atoms in total. The van der Waals surface area contributed by atoms with Gasteiger partial charge in [-0.1, -0.05) is 23.7 Å². The fourth-order valence-electron chi connectivity index (χ4n) is 4.46. The maximum Gasteiger partial charge on any atom is 0.335 e. The second-order valence-electron chi connectivity index (χ2n) is 8.79. The van der Waals surface area contributed by atoms with E-state index in [0.29, 0.717) is 47.5 Å². The smallest absolute Gasteiger partial charge is 0.335 e. The lowest BCUT2D eigenvalue weighted by Crippen LogP contribution is -2.25. The van der Waals surface area contributed by atoms with Crippen molar-refractivity contribution in [1.82, 2.24) is 9.97 Å². The van der Waals surface area contributed by atoms with Gasteiger partial charge in [-0.3, -0.25) is 4.79 Å². The predicted octanol–water partition coefficient (Wildman–Crippen LogP) is 5.86. The predicted molar refractivity (Wildman–Crippen MR) is 147 cm³/mol. The zero-order valence-corrected chi connectivity index (χ0v) is 21.6. The number of nitrogens with zero attached hydrogens (tertiary/aromatic N) is 4. The number of pyridine rings is 2. The number of carbonyl (C=O) groups excluding carboxylic acids is 1. The Kier molecular flexibility index (Phi) is 6.98. The summed E-state index contributed by atoms with van der Waals surface area (Å²) < 4.78 is 5.94. The number of anilines is 3. The van der Waals surface area contributed by atoms with Crippen LogP contribution in [0, 0.1) is 0 Å². The van der Waals surface area contributed by atoms with Gasteiger partial charge in [0.1, 0.15) is 11.6 Å². The van der Waals surface area contributed by atoms with Crippen molar-refractivity contribution in [2.24, 2.45) is 0 Å². The standard InChI is InChI=1S/C29H25ClN4O4/c1-3-34-26-23(28(35)33(2)25-5-4-13-31-27(25)34)15-18(17-32-26)12-14-38-21-10-11-22(24(30)16-21)19-6-8-20(9-7-19)29(36)37/h4-11,13,15-17H,3,12,14H2,1-2H3,(H,36,37). The van der Waals surface area contributed by atoms with Gasteiger partial charge in [-0.15, -0.1) is 0 Å². The van der Waals surface area contributed by atoms with Crippen molar-refractivity contribution >= 4 is 40.8 Å². The summed E-state index contributed by atoms with van der Waals surface area (Å²) in [6.45, 7) is 2.99. The van der Waals surface area contributed by atoms with Crippen LogP contribution in [-0.4, -0.2) is 47.2 Å². The van der Waals surface area contributed by atoms with Crippen LogP contribution in [0.1, 0.15) is 33.2 Å². The number of hydrogen-bond donors (Lipinski definition) is 1. The Morgan fingerprint density at radius 2 is 1.82 bits per heavy atom. The highest BCUT2D eigenvalue weighted by atomic mass is 35.5. The van der Waals surface area contributed by atoms with Gasteiger partial charge in [-0.25, -0.2) is 14.8 Å². The van der Waals surface area contributed by atoms with Crippen LogP contribution in [0.4, 0.5) is 17.3 Å². The number of carbonyl (C=O) groups is 2. The maximum absolute atomic E-state index is 13.3. The van der Waals surface area contributed by atoms with Crippen LogP contribution < -0.4 is 14.5 Å². The number of halogens is 1. The van der Waals surface area contributed by atoms with Crippen LogP contribution >= 0.6 is 11.6 Å². The third kappa shape index (κ3) is 4.78. The summed E-state index contributed by atoms with van der Waals surface area (Å²) in [7, 11) is 1.75. The molecule has 1 aliphatic heterocycles. The van der Waals surface area contributed by atoms with Crippen molar-refractivity contribution in [1.29, 1.82) is 0 Å². The van der Waals surface area contributed by atoms with Gasteiger partial charge in [-0.2, -0.15) is 0 Å². The average molecular weight is 529 g/mol. The van der Waals surface area contributed by atoms with E-state index in [-0.39, 0.29) is 11.5 Å². The molecule has 0 radical (unpaired) electrons. The van der Waals surface area contributed by atoms with Gasteiger partial charge in [0, 0.05) is 38.0 Å². The highest BCUT2D eigenvalue weighted by Gasteiger charge is 2.30. The third-order valence-electron chi connectivity index (χ3n) is 6.46. The van der Waals surface area contributed by atoms with E-state index in [1.54, 1.807) is 54.7 Å². The summed E-state index contributed by atoms with van der Waals surface area (Å²) in [4.78, 5) is 37.1. The van der Waals surface area contributed by atoms with E-state index in [9.17, 15) is 9.59 Å². The molecule has 0 spiro atoms. The first-order valence-corrected chi connectivity index (χ1v) is 12.5. The SMILES string of the molecule is CCN1c2ncc(CCOc3ccc(-c4ccc(C(=O)O)cc4)c(Cl)c3)cc2C(=O)N(C)c2cccnc21. The number of carboxylic acids is 1. The van der Waals surface area contributed by atoms with Gasteiger partial charge in [0.15, 0.2) is 5.82 Å². The topological polar surface area (TPSA) is 95.9 Å². The number of benzene rings is 2. The van der Waals surface area contributed by atoms with Gasteiger partial charge in [0.2, 0.25) is 0 Å². The van der Waals surface area contributed by atoms with E-state index >= 15 is 0 Å². The van der Waals surface area contributed by atoms with E-state index in [2.05, 4.69) is 9.97 Å². The quantitative estimate of drug-likeness (QED) is 0.320. The molecule has 38 heavy (non-hydrogen) atoms. The van der Waals surface area contributed by atoms with Crippen molar-refractivity contribution in [2.75, 3.05) is 30.0 Å². The molecule has 9 heteroatoms. The van der Waals surface area contributed by atoms with Gasteiger partial charge >= 0.3 is 5.97 Å². The monoisotopic (exact) mass is 528 g/mol. The van der Waals surface area contributed by atoms with E-state index in [4.69, 9.17) is 21.4 Å². The third-order valence-corrected chi connectivity index (χ3v) is 6.77. The molecular formula is C29H25ClN4O4. The molecule has 1 aliphatic rings. The molecule has 0 unspecified atom stereocenters. The Labute approximate surface area is 225 Å². The number of hydrogen-bond acceptors (Lipinski definition) is 6. The molecule has 2 aromatic heterocycles. The Morgan fingerprint density at radius 3 is 2.53 bits per heavy atom. The molecule has 4 aromatic rings. The summed E-state index contributed by atoms with van der Waals surface area (Å²) in [6, 6.07) is 17.5. The van der Waals surface area contributed by atoms with Crippen LogP contribution in [0.3, 0.4) is 0 Å². The summed E-state index contributed by atoms with van der Waals surface area (Å²) in [5.74, 6) is 0.783. The number of carboxylic acid groups (broad SMARTS) is 1. The molecule has 0 atom stereocenters. The van der Waals surface area contributed by atoms with Crippen molar-refractivity contribution in [3.63, 3.8) is 0 Å². The van der Waals surface area contributed by atoms with Crippen molar-refractivity contribution < 1.29 is 19.4 Å². The molecule has 192 valence electrons.